The van der Waals surface area contributed by atoms with Crippen molar-refractivity contribution < 1.29 is 4.74 Å². The lowest BCUT2D eigenvalue weighted by Gasteiger charge is -2.23. The molecule has 16 heavy (non-hydrogen) atoms. The van der Waals surface area contributed by atoms with Crippen molar-refractivity contribution in [2.24, 2.45) is 4.99 Å². The number of hydrogen-bond acceptors (Lipinski definition) is 4. The van der Waals surface area contributed by atoms with E-state index in [4.69, 9.17) is 16.3 Å². The van der Waals surface area contributed by atoms with Gasteiger partial charge in [0.1, 0.15) is 11.9 Å². The summed E-state index contributed by atoms with van der Waals surface area (Å²) in [5.41, 5.74) is 0. The van der Waals surface area contributed by atoms with Gasteiger partial charge in [-0.1, -0.05) is 23.4 Å². The second-order valence-corrected chi connectivity index (χ2v) is 4.66. The van der Waals surface area contributed by atoms with Crippen LogP contribution in [0.1, 0.15) is 0 Å². The van der Waals surface area contributed by atoms with Crippen LogP contribution in [-0.2, 0) is 0 Å². The highest BCUT2D eigenvalue weighted by atomic mass is 35.5. The largest absolute Gasteiger partial charge is 0.487 e. The zero-order valence-electron chi connectivity index (χ0n) is 8.94. The predicted molar refractivity (Wildman–Crippen MR) is 69.7 cm³/mol. The fourth-order valence-corrected chi connectivity index (χ4v) is 1.98. The number of benzene rings is 1. The number of nitrogens with one attached hydrogen (secondary N) is 1. The number of rotatable bonds is 2. The van der Waals surface area contributed by atoms with Gasteiger partial charge in [0.05, 0.1) is 13.1 Å². The van der Waals surface area contributed by atoms with Gasteiger partial charge < -0.3 is 10.1 Å². The van der Waals surface area contributed by atoms with Crippen molar-refractivity contribution in [2.75, 3.05) is 19.3 Å². The maximum Gasteiger partial charge on any atom is 0.156 e. The quantitative estimate of drug-likeness (QED) is 0.882. The topological polar surface area (TPSA) is 33.6 Å². The molecule has 3 nitrogen and oxygen atoms in total. The van der Waals surface area contributed by atoms with Crippen LogP contribution in [0, 0.1) is 0 Å². The average molecular weight is 257 g/mol. The molecule has 0 saturated carbocycles. The van der Waals surface area contributed by atoms with Gasteiger partial charge in [0.25, 0.3) is 0 Å². The highest BCUT2D eigenvalue weighted by molar-refractivity contribution is 8.13. The van der Waals surface area contributed by atoms with E-state index in [-0.39, 0.29) is 6.10 Å². The number of halogens is 1. The molecule has 0 radical (unpaired) electrons. The van der Waals surface area contributed by atoms with Gasteiger partial charge in [-0.05, 0) is 30.5 Å². The fraction of sp³-hybridized carbons (Fsp3) is 0.364. The zero-order valence-corrected chi connectivity index (χ0v) is 10.5. The van der Waals surface area contributed by atoms with Crippen molar-refractivity contribution in [3.8, 4) is 5.75 Å². The number of hydrogen-bond donors (Lipinski definition) is 1. The van der Waals surface area contributed by atoms with Crippen LogP contribution in [0.5, 0.6) is 5.75 Å². The van der Waals surface area contributed by atoms with Crippen LogP contribution in [0.3, 0.4) is 0 Å². The van der Waals surface area contributed by atoms with Gasteiger partial charge in [-0.2, -0.15) is 0 Å². The fourth-order valence-electron chi connectivity index (χ4n) is 1.43. The van der Waals surface area contributed by atoms with Crippen molar-refractivity contribution in [3.05, 3.63) is 29.3 Å². The van der Waals surface area contributed by atoms with Crippen molar-refractivity contribution in [2.45, 2.75) is 6.10 Å². The van der Waals surface area contributed by atoms with Crippen molar-refractivity contribution in [3.63, 3.8) is 0 Å². The molecule has 1 aliphatic heterocycles. The average Bonchev–Trinajstić information content (AvgIpc) is 2.33. The standard InChI is InChI=1S/C11H13ClN2OS/c1-16-11-13-6-10(7-14-11)15-9-4-2-8(12)3-5-9/h2-5,10H,6-7H2,1H3,(H,13,14). The highest BCUT2D eigenvalue weighted by Gasteiger charge is 2.15. The molecule has 1 N–H and O–H groups in total. The van der Waals surface area contributed by atoms with Crippen molar-refractivity contribution in [1.29, 1.82) is 0 Å². The minimum absolute atomic E-state index is 0.0945. The molecule has 0 fully saturated rings. The molecule has 86 valence electrons. The Morgan fingerprint density at radius 2 is 2.19 bits per heavy atom. The van der Waals surface area contributed by atoms with Crippen LogP contribution in [0.4, 0.5) is 0 Å². The van der Waals surface area contributed by atoms with E-state index < -0.39 is 0 Å². The van der Waals surface area contributed by atoms with Gasteiger partial charge in [0, 0.05) is 5.02 Å². The second-order valence-electron chi connectivity index (χ2n) is 3.42. The summed E-state index contributed by atoms with van der Waals surface area (Å²) in [4.78, 5) is 4.36. The molecule has 5 heteroatoms. The van der Waals surface area contributed by atoms with E-state index in [1.54, 1.807) is 11.8 Å². The minimum atomic E-state index is 0.0945. The Kier molecular flexibility index (Phi) is 3.96. The van der Waals surface area contributed by atoms with Crippen molar-refractivity contribution in [1.82, 2.24) is 5.32 Å². The minimum Gasteiger partial charge on any atom is -0.487 e. The Bertz CT molecular complexity index is 380. The molecular formula is C11H13ClN2OS. The molecule has 1 aromatic rings. The third-order valence-electron chi connectivity index (χ3n) is 2.23. The predicted octanol–water partition coefficient (Wildman–Crippen LogP) is 2.41. The lowest BCUT2D eigenvalue weighted by atomic mass is 10.3. The summed E-state index contributed by atoms with van der Waals surface area (Å²) < 4.78 is 5.77. The third kappa shape index (κ3) is 3.06. The molecule has 2 rings (SSSR count). The molecule has 1 atom stereocenters. The van der Waals surface area contributed by atoms with Crippen LogP contribution in [0.2, 0.25) is 5.02 Å². The van der Waals surface area contributed by atoms with Gasteiger partial charge in [0.15, 0.2) is 5.17 Å². The van der Waals surface area contributed by atoms with Crippen LogP contribution < -0.4 is 10.1 Å². The summed E-state index contributed by atoms with van der Waals surface area (Å²) >= 11 is 7.42. The number of aliphatic imine (C=N–C) groups is 1. The number of ether oxygens (including phenoxy) is 1. The number of nitrogens with zero attached hydrogens (tertiary/aromatic N) is 1. The Morgan fingerprint density at radius 3 is 2.75 bits per heavy atom. The Morgan fingerprint density at radius 1 is 1.44 bits per heavy atom. The van der Waals surface area contributed by atoms with E-state index in [1.807, 2.05) is 30.5 Å². The molecule has 1 aromatic carbocycles. The van der Waals surface area contributed by atoms with Crippen molar-refractivity contribution >= 4 is 28.5 Å². The summed E-state index contributed by atoms with van der Waals surface area (Å²) in [7, 11) is 0. The Labute approximate surface area is 104 Å². The number of amidine groups is 1. The highest BCUT2D eigenvalue weighted by Crippen LogP contribution is 2.17. The van der Waals surface area contributed by atoms with E-state index >= 15 is 0 Å². The van der Waals surface area contributed by atoms with E-state index in [1.165, 1.54) is 0 Å². The monoisotopic (exact) mass is 256 g/mol. The lowest BCUT2D eigenvalue weighted by molar-refractivity contribution is 0.208. The molecule has 0 bridgehead atoms. The molecular weight excluding hydrogens is 244 g/mol. The smallest absolute Gasteiger partial charge is 0.156 e. The SMILES string of the molecule is CSC1=NCC(Oc2ccc(Cl)cc2)CN1. The first kappa shape index (κ1) is 11.6. The summed E-state index contributed by atoms with van der Waals surface area (Å²) in [5, 5.41) is 4.91. The Hall–Kier alpha value is -0.870. The van der Waals surface area contributed by atoms with Crippen LogP contribution in [0.15, 0.2) is 29.3 Å². The normalized spacial score (nSPS) is 19.9. The van der Waals surface area contributed by atoms with Gasteiger partial charge in [0.2, 0.25) is 0 Å². The Balaban J connectivity index is 1.92. The molecule has 0 spiro atoms. The molecule has 0 aromatic heterocycles. The maximum atomic E-state index is 5.80. The summed E-state index contributed by atoms with van der Waals surface area (Å²) in [5.74, 6) is 0.832. The van der Waals surface area contributed by atoms with Gasteiger partial charge in [-0.15, -0.1) is 0 Å². The molecule has 0 saturated heterocycles. The second kappa shape index (κ2) is 5.46. The summed E-state index contributed by atoms with van der Waals surface area (Å²) in [6.45, 7) is 1.49. The lowest BCUT2D eigenvalue weighted by Crippen LogP contribution is -2.40. The first-order valence-corrected chi connectivity index (χ1v) is 6.63. The van der Waals surface area contributed by atoms with E-state index in [2.05, 4.69) is 10.3 Å². The summed E-state index contributed by atoms with van der Waals surface area (Å²) in [6, 6.07) is 7.39. The number of thioether (sulfide) groups is 1. The molecule has 0 amide bonds. The first-order valence-electron chi connectivity index (χ1n) is 5.02. The van der Waals surface area contributed by atoms with Crippen LogP contribution >= 0.6 is 23.4 Å². The zero-order chi connectivity index (χ0) is 11.4. The first-order chi connectivity index (χ1) is 7.78. The maximum absolute atomic E-state index is 5.80. The van der Waals surface area contributed by atoms with Gasteiger partial charge in [-0.3, -0.25) is 4.99 Å². The van der Waals surface area contributed by atoms with E-state index in [9.17, 15) is 0 Å². The molecule has 1 heterocycles. The van der Waals surface area contributed by atoms with Crippen LogP contribution in [0.25, 0.3) is 0 Å². The van der Waals surface area contributed by atoms with Gasteiger partial charge >= 0.3 is 0 Å². The van der Waals surface area contributed by atoms with Crippen LogP contribution in [-0.4, -0.2) is 30.6 Å². The third-order valence-corrected chi connectivity index (χ3v) is 3.14. The molecule has 1 unspecified atom stereocenters. The molecule has 0 aliphatic carbocycles. The molecule has 1 aliphatic rings. The van der Waals surface area contributed by atoms with E-state index in [0.717, 1.165) is 22.5 Å². The van der Waals surface area contributed by atoms with Gasteiger partial charge in [-0.25, -0.2) is 0 Å². The summed E-state index contributed by atoms with van der Waals surface area (Å²) in [6.07, 6.45) is 2.10. The van der Waals surface area contributed by atoms with E-state index in [0.29, 0.717) is 6.54 Å².